The lowest BCUT2D eigenvalue weighted by Crippen LogP contribution is -2.48. The van der Waals surface area contributed by atoms with Crippen LogP contribution in [0.1, 0.15) is 24.8 Å². The Morgan fingerprint density at radius 1 is 1.33 bits per heavy atom. The molecule has 2 rings (SSSR count). The number of hydrogen-bond acceptors (Lipinski definition) is 3. The molecule has 1 aromatic rings. The zero-order valence-electron chi connectivity index (χ0n) is 11.1. The highest BCUT2D eigenvalue weighted by atomic mass is 16.3. The number of nitrogens with two attached hydrogens (primary N) is 1. The van der Waals surface area contributed by atoms with Gasteiger partial charge < -0.3 is 15.7 Å². The zero-order valence-corrected chi connectivity index (χ0v) is 11.1. The highest BCUT2D eigenvalue weighted by Crippen LogP contribution is 2.23. The summed E-state index contributed by atoms with van der Waals surface area (Å²) in [4.78, 5) is 2.25. The molecular weight excluding hydrogens is 224 g/mol. The van der Waals surface area contributed by atoms with Gasteiger partial charge in [-0.2, -0.15) is 0 Å². The van der Waals surface area contributed by atoms with Crippen LogP contribution in [0.25, 0.3) is 0 Å². The highest BCUT2D eigenvalue weighted by molar-refractivity contribution is 5.16. The van der Waals surface area contributed by atoms with Crippen molar-refractivity contribution in [2.24, 2.45) is 5.73 Å². The topological polar surface area (TPSA) is 49.5 Å². The summed E-state index contributed by atoms with van der Waals surface area (Å²) in [5.41, 5.74) is 7.27. The summed E-state index contributed by atoms with van der Waals surface area (Å²) in [5.74, 6) is 0. The first-order valence-electron chi connectivity index (χ1n) is 6.84. The summed E-state index contributed by atoms with van der Waals surface area (Å²) in [6, 6.07) is 10.6. The Labute approximate surface area is 110 Å². The molecule has 1 fully saturated rings. The molecule has 1 aliphatic rings. The summed E-state index contributed by atoms with van der Waals surface area (Å²) in [5, 5.41) is 10.2. The fourth-order valence-corrected chi connectivity index (χ4v) is 2.43. The number of rotatable bonds is 6. The van der Waals surface area contributed by atoms with E-state index in [1.165, 1.54) is 24.8 Å². The van der Waals surface area contributed by atoms with Gasteiger partial charge in [0.15, 0.2) is 0 Å². The third-order valence-corrected chi connectivity index (χ3v) is 3.98. The number of hydrogen-bond donors (Lipinski definition) is 2. The minimum Gasteiger partial charge on any atom is -0.390 e. The highest BCUT2D eigenvalue weighted by Gasteiger charge is 2.25. The first-order valence-corrected chi connectivity index (χ1v) is 6.84. The first kappa shape index (κ1) is 13.5. The van der Waals surface area contributed by atoms with Crippen LogP contribution in [0.2, 0.25) is 0 Å². The number of aliphatic hydroxyl groups is 1. The molecule has 1 aliphatic carbocycles. The number of nitrogens with zero attached hydrogens (tertiary/aromatic N) is 1. The maximum absolute atomic E-state index is 10.2. The Bertz CT molecular complexity index is 351. The predicted molar refractivity (Wildman–Crippen MR) is 74.4 cm³/mol. The number of benzene rings is 1. The Hall–Kier alpha value is -0.900. The summed E-state index contributed by atoms with van der Waals surface area (Å²) in [6.07, 6.45) is 4.13. The van der Waals surface area contributed by atoms with Crippen molar-refractivity contribution in [1.82, 2.24) is 4.90 Å². The van der Waals surface area contributed by atoms with Gasteiger partial charge in [0.25, 0.3) is 0 Å². The minimum atomic E-state index is -0.448. The molecule has 0 radical (unpaired) electrons. The molecule has 3 nitrogen and oxygen atoms in total. The molecule has 0 saturated heterocycles. The average Bonchev–Trinajstić information content (AvgIpc) is 2.27. The molecule has 1 aromatic carbocycles. The van der Waals surface area contributed by atoms with Gasteiger partial charge in [0, 0.05) is 18.6 Å². The quantitative estimate of drug-likeness (QED) is 0.800. The lowest BCUT2D eigenvalue weighted by molar-refractivity contribution is 0.0630. The number of likely N-dealkylation sites (N-methyl/N-ethyl adjacent to an activating group) is 1. The van der Waals surface area contributed by atoms with Crippen LogP contribution in [0.5, 0.6) is 0 Å². The summed E-state index contributed by atoms with van der Waals surface area (Å²) in [7, 11) is 2.09. The molecule has 18 heavy (non-hydrogen) atoms. The SMILES string of the molecule is CN(CC(O)C(N)Cc1ccccc1)C1CCC1. The van der Waals surface area contributed by atoms with Gasteiger partial charge in [-0.05, 0) is 31.9 Å². The predicted octanol–water partition coefficient (Wildman–Crippen LogP) is 1.40. The van der Waals surface area contributed by atoms with E-state index in [9.17, 15) is 5.11 Å². The van der Waals surface area contributed by atoms with Gasteiger partial charge in [0.2, 0.25) is 0 Å². The van der Waals surface area contributed by atoms with Crippen molar-refractivity contribution >= 4 is 0 Å². The third-order valence-electron chi connectivity index (χ3n) is 3.98. The van der Waals surface area contributed by atoms with Gasteiger partial charge in [-0.3, -0.25) is 0 Å². The van der Waals surface area contributed by atoms with Gasteiger partial charge in [-0.25, -0.2) is 0 Å². The van der Waals surface area contributed by atoms with E-state index in [2.05, 4.69) is 24.1 Å². The Morgan fingerprint density at radius 3 is 2.56 bits per heavy atom. The molecule has 1 saturated carbocycles. The molecule has 0 heterocycles. The van der Waals surface area contributed by atoms with Crippen LogP contribution in [-0.4, -0.2) is 41.8 Å². The van der Waals surface area contributed by atoms with Crippen LogP contribution >= 0.6 is 0 Å². The first-order chi connectivity index (χ1) is 8.66. The van der Waals surface area contributed by atoms with Crippen LogP contribution in [0.15, 0.2) is 30.3 Å². The summed E-state index contributed by atoms with van der Waals surface area (Å²) >= 11 is 0. The molecule has 3 heteroatoms. The van der Waals surface area contributed by atoms with Crippen molar-refractivity contribution in [2.45, 2.75) is 43.9 Å². The standard InChI is InChI=1S/C15H24N2O/c1-17(13-8-5-9-13)11-15(18)14(16)10-12-6-3-2-4-7-12/h2-4,6-7,13-15,18H,5,8-11,16H2,1H3. The van der Waals surface area contributed by atoms with E-state index in [1.54, 1.807) is 0 Å². The van der Waals surface area contributed by atoms with Crippen LogP contribution in [0.4, 0.5) is 0 Å². The second kappa shape index (κ2) is 6.32. The lowest BCUT2D eigenvalue weighted by Gasteiger charge is -2.36. The molecule has 0 amide bonds. The van der Waals surface area contributed by atoms with Crippen LogP contribution < -0.4 is 5.73 Å². The van der Waals surface area contributed by atoms with Gasteiger partial charge in [0.05, 0.1) is 6.10 Å². The van der Waals surface area contributed by atoms with E-state index >= 15 is 0 Å². The van der Waals surface area contributed by atoms with Crippen molar-refractivity contribution in [3.8, 4) is 0 Å². The van der Waals surface area contributed by atoms with Crippen LogP contribution in [-0.2, 0) is 6.42 Å². The minimum absolute atomic E-state index is 0.185. The normalized spacial score (nSPS) is 19.6. The largest absolute Gasteiger partial charge is 0.390 e. The zero-order chi connectivity index (χ0) is 13.0. The smallest absolute Gasteiger partial charge is 0.0820 e. The van der Waals surface area contributed by atoms with Gasteiger partial charge in [-0.15, -0.1) is 0 Å². The second-order valence-electron chi connectivity index (χ2n) is 5.45. The molecular formula is C15H24N2O. The van der Waals surface area contributed by atoms with E-state index in [0.717, 1.165) is 6.42 Å². The molecule has 0 aliphatic heterocycles. The molecule has 2 atom stereocenters. The van der Waals surface area contributed by atoms with Gasteiger partial charge >= 0.3 is 0 Å². The van der Waals surface area contributed by atoms with E-state index < -0.39 is 6.10 Å². The van der Waals surface area contributed by atoms with Crippen LogP contribution in [0.3, 0.4) is 0 Å². The maximum atomic E-state index is 10.2. The summed E-state index contributed by atoms with van der Waals surface area (Å²) < 4.78 is 0. The van der Waals surface area contributed by atoms with Crippen molar-refractivity contribution in [2.75, 3.05) is 13.6 Å². The second-order valence-corrected chi connectivity index (χ2v) is 5.45. The molecule has 0 bridgehead atoms. The van der Waals surface area contributed by atoms with E-state index in [-0.39, 0.29) is 6.04 Å². The van der Waals surface area contributed by atoms with Crippen molar-refractivity contribution in [3.05, 3.63) is 35.9 Å². The fourth-order valence-electron chi connectivity index (χ4n) is 2.43. The monoisotopic (exact) mass is 248 g/mol. The van der Waals surface area contributed by atoms with Crippen molar-refractivity contribution < 1.29 is 5.11 Å². The molecule has 3 N–H and O–H groups in total. The average molecular weight is 248 g/mol. The van der Waals surface area contributed by atoms with E-state index in [0.29, 0.717) is 12.6 Å². The summed E-state index contributed by atoms with van der Waals surface area (Å²) in [6.45, 7) is 0.679. The third kappa shape index (κ3) is 3.55. The fraction of sp³-hybridized carbons (Fsp3) is 0.600. The van der Waals surface area contributed by atoms with E-state index in [1.807, 2.05) is 18.2 Å². The molecule has 0 spiro atoms. The van der Waals surface area contributed by atoms with Crippen molar-refractivity contribution in [1.29, 1.82) is 0 Å². The van der Waals surface area contributed by atoms with Gasteiger partial charge in [-0.1, -0.05) is 36.8 Å². The Kier molecular flexibility index (Phi) is 4.75. The Balaban J connectivity index is 1.79. The van der Waals surface area contributed by atoms with Crippen molar-refractivity contribution in [3.63, 3.8) is 0 Å². The molecule has 0 aromatic heterocycles. The van der Waals surface area contributed by atoms with Crippen LogP contribution in [0, 0.1) is 0 Å². The lowest BCUT2D eigenvalue weighted by atomic mass is 9.91. The van der Waals surface area contributed by atoms with E-state index in [4.69, 9.17) is 5.73 Å². The molecule has 100 valence electrons. The molecule has 2 unspecified atom stereocenters. The van der Waals surface area contributed by atoms with Gasteiger partial charge in [0.1, 0.15) is 0 Å². The maximum Gasteiger partial charge on any atom is 0.0820 e. The number of aliphatic hydroxyl groups excluding tert-OH is 1. The Morgan fingerprint density at radius 2 is 2.00 bits per heavy atom.